The largest absolute Gasteiger partial charge is 0.374 e. The molecule has 48 heavy (non-hydrogen) atoms. The summed E-state index contributed by atoms with van der Waals surface area (Å²) in [7, 11) is 0. The molecule has 0 aromatic heterocycles. The van der Waals surface area contributed by atoms with Crippen LogP contribution in [0.4, 0.5) is 5.69 Å². The van der Waals surface area contributed by atoms with Gasteiger partial charge in [-0.05, 0) is 87.5 Å². The number of nitrogens with zero attached hydrogens (tertiary/aromatic N) is 2. The van der Waals surface area contributed by atoms with Gasteiger partial charge in [0.15, 0.2) is 5.96 Å². The Morgan fingerprint density at radius 2 is 1.65 bits per heavy atom. The second-order valence-corrected chi connectivity index (χ2v) is 13.4. The number of hydrogen-bond acceptors (Lipinski definition) is 7. The Bertz CT molecular complexity index is 1470. The Morgan fingerprint density at radius 3 is 2.31 bits per heavy atom. The van der Waals surface area contributed by atoms with E-state index in [0.717, 1.165) is 36.1 Å². The number of hydrogen-bond donors (Lipinski definition) is 6. The van der Waals surface area contributed by atoms with Crippen molar-refractivity contribution in [2.45, 2.75) is 107 Å². The highest BCUT2D eigenvalue weighted by atomic mass is 16.3. The first kappa shape index (κ1) is 35.0. The molecule has 3 amide bonds. The molecule has 1 heterocycles. The van der Waals surface area contributed by atoms with Crippen LogP contribution in [0.5, 0.6) is 0 Å². The zero-order chi connectivity index (χ0) is 34.1. The van der Waals surface area contributed by atoms with Gasteiger partial charge < -0.3 is 37.4 Å². The average molecular weight is 660 g/mol. The quantitative estimate of drug-likeness (QED) is 0.0520. The smallest absolute Gasteiger partial charge is 0.287 e. The summed E-state index contributed by atoms with van der Waals surface area (Å²) in [5, 5.41) is 19.7. The maximum atomic E-state index is 14.0. The van der Waals surface area contributed by atoms with E-state index in [4.69, 9.17) is 11.5 Å². The molecule has 2 saturated carbocycles. The maximum Gasteiger partial charge on any atom is 0.287 e. The van der Waals surface area contributed by atoms with Gasteiger partial charge in [0, 0.05) is 44.1 Å². The zero-order valence-corrected chi connectivity index (χ0v) is 27.6. The van der Waals surface area contributed by atoms with Crippen LogP contribution in [0.2, 0.25) is 0 Å². The molecule has 3 aliphatic rings. The number of nitrogens with one attached hydrogen (secondary N) is 3. The SMILES string of the molecule is NC(=NCCCCC(=O)C(=O)NC1CC1)Nc1ccc(CC[C@H](NC(=O)CCc2ccccc2)C(=O)N2CCC(N)(O)C23CCC3)cc1. The van der Waals surface area contributed by atoms with E-state index in [0.29, 0.717) is 64.5 Å². The van der Waals surface area contributed by atoms with Gasteiger partial charge in [0.25, 0.3) is 5.91 Å². The van der Waals surface area contributed by atoms with Gasteiger partial charge in [0.05, 0.1) is 5.54 Å². The average Bonchev–Trinajstić information content (AvgIpc) is 3.82. The van der Waals surface area contributed by atoms with Crippen LogP contribution < -0.4 is 27.4 Å². The minimum absolute atomic E-state index is 0.171. The summed E-state index contributed by atoms with van der Waals surface area (Å²) in [4.78, 5) is 56.7. The number of nitrogens with two attached hydrogens (primary N) is 2. The van der Waals surface area contributed by atoms with Gasteiger partial charge in [-0.3, -0.25) is 24.2 Å². The second-order valence-electron chi connectivity index (χ2n) is 13.4. The summed E-state index contributed by atoms with van der Waals surface area (Å²) in [6, 6.07) is 16.8. The van der Waals surface area contributed by atoms with Crippen LogP contribution >= 0.6 is 0 Å². The lowest BCUT2D eigenvalue weighted by Crippen LogP contribution is -2.69. The van der Waals surface area contributed by atoms with Crippen molar-refractivity contribution >= 4 is 35.2 Å². The lowest BCUT2D eigenvalue weighted by atomic mass is 9.70. The predicted octanol–water partition coefficient (Wildman–Crippen LogP) is 2.28. The van der Waals surface area contributed by atoms with Crippen molar-refractivity contribution in [1.29, 1.82) is 0 Å². The summed E-state index contributed by atoms with van der Waals surface area (Å²) >= 11 is 0. The van der Waals surface area contributed by atoms with Crippen molar-refractivity contribution in [3.05, 3.63) is 65.7 Å². The number of ketones is 1. The summed E-state index contributed by atoms with van der Waals surface area (Å²) in [5.41, 5.74) is 12.9. The van der Waals surface area contributed by atoms with Gasteiger partial charge >= 0.3 is 0 Å². The molecular formula is C36H49N7O5. The van der Waals surface area contributed by atoms with Gasteiger partial charge in [-0.25, -0.2) is 0 Å². The number of carbonyl (C=O) groups is 4. The number of aliphatic imine (C=N–C) groups is 1. The lowest BCUT2D eigenvalue weighted by molar-refractivity contribution is -0.155. The highest BCUT2D eigenvalue weighted by molar-refractivity contribution is 6.36. The van der Waals surface area contributed by atoms with Crippen LogP contribution in [0.1, 0.15) is 81.8 Å². The molecule has 5 rings (SSSR count). The number of Topliss-reactive ketones (excluding diaryl/α,β-unsaturated/α-hetero) is 1. The molecule has 0 bridgehead atoms. The van der Waals surface area contributed by atoms with Gasteiger partial charge in [-0.1, -0.05) is 42.5 Å². The van der Waals surface area contributed by atoms with E-state index in [1.54, 1.807) is 4.90 Å². The van der Waals surface area contributed by atoms with Crippen LogP contribution in [0.15, 0.2) is 59.6 Å². The van der Waals surface area contributed by atoms with Crippen molar-refractivity contribution in [2.75, 3.05) is 18.4 Å². The highest BCUT2D eigenvalue weighted by Crippen LogP contribution is 2.49. The van der Waals surface area contributed by atoms with Gasteiger partial charge in [-0.2, -0.15) is 0 Å². The lowest BCUT2D eigenvalue weighted by Gasteiger charge is -2.52. The van der Waals surface area contributed by atoms with E-state index in [1.807, 2.05) is 54.6 Å². The van der Waals surface area contributed by atoms with Crippen LogP contribution in [0.3, 0.4) is 0 Å². The Hall–Kier alpha value is -4.29. The summed E-state index contributed by atoms with van der Waals surface area (Å²) in [6.45, 7) is 0.794. The number of rotatable bonds is 16. The normalized spacial score (nSPS) is 20.5. The van der Waals surface area contributed by atoms with Crippen molar-refractivity contribution < 1.29 is 24.3 Å². The third-order valence-corrected chi connectivity index (χ3v) is 9.81. The summed E-state index contributed by atoms with van der Waals surface area (Å²) < 4.78 is 0. The molecule has 8 N–H and O–H groups in total. The topological polar surface area (TPSA) is 192 Å². The number of likely N-dealkylation sites (tertiary alicyclic amines) is 1. The first-order valence-electron chi connectivity index (χ1n) is 17.2. The number of benzene rings is 2. The van der Waals surface area contributed by atoms with E-state index in [2.05, 4.69) is 20.9 Å². The monoisotopic (exact) mass is 659 g/mol. The van der Waals surface area contributed by atoms with Crippen molar-refractivity contribution in [1.82, 2.24) is 15.5 Å². The molecule has 1 spiro atoms. The summed E-state index contributed by atoms with van der Waals surface area (Å²) in [6.07, 6.45) is 7.57. The second kappa shape index (κ2) is 15.7. The van der Waals surface area contributed by atoms with Crippen molar-refractivity contribution in [2.24, 2.45) is 16.5 Å². The van der Waals surface area contributed by atoms with E-state index in [9.17, 15) is 24.3 Å². The molecule has 2 aliphatic carbocycles. The predicted molar refractivity (Wildman–Crippen MR) is 184 cm³/mol. The Balaban J connectivity index is 1.12. The Morgan fingerprint density at radius 1 is 0.938 bits per heavy atom. The first-order chi connectivity index (χ1) is 23.1. The van der Waals surface area contributed by atoms with Crippen LogP contribution in [0.25, 0.3) is 0 Å². The molecule has 1 saturated heterocycles. The Labute approximate surface area is 282 Å². The van der Waals surface area contributed by atoms with Gasteiger partial charge in [0.2, 0.25) is 17.6 Å². The van der Waals surface area contributed by atoms with E-state index in [1.165, 1.54) is 0 Å². The Kier molecular flexibility index (Phi) is 11.5. The molecule has 3 fully saturated rings. The number of guanidine groups is 1. The van der Waals surface area contributed by atoms with E-state index >= 15 is 0 Å². The summed E-state index contributed by atoms with van der Waals surface area (Å²) in [5.74, 6) is -1.02. The molecule has 0 radical (unpaired) electrons. The fraction of sp³-hybridized carbons (Fsp3) is 0.528. The molecule has 2 aromatic rings. The van der Waals surface area contributed by atoms with E-state index in [-0.39, 0.29) is 42.4 Å². The number of amides is 3. The minimum atomic E-state index is -1.43. The molecule has 12 nitrogen and oxygen atoms in total. The number of unbranched alkanes of at least 4 members (excludes halogenated alkanes) is 1. The van der Waals surface area contributed by atoms with Crippen LogP contribution in [-0.2, 0) is 32.0 Å². The standard InChI is InChI=1S/C36H49N7O5/c37-34(39-23-5-4-9-30(44)32(46)40-27-16-17-27)41-28-14-10-26(11-15-28)12-18-29(42-31(45)19-13-25-7-2-1-3-8-25)33(47)43-24-22-36(38,48)35(43)20-6-21-35/h1-3,7-8,10-11,14-15,27,29,48H,4-6,9,12-13,16-24,38H2,(H,40,46)(H,42,45)(H3,37,39,41)/t29-,36?/m0/s1. The van der Waals surface area contributed by atoms with Crippen molar-refractivity contribution in [3.63, 3.8) is 0 Å². The number of aryl methyl sites for hydroxylation is 2. The molecule has 1 aliphatic heterocycles. The molecule has 2 atom stereocenters. The third kappa shape index (κ3) is 8.99. The van der Waals surface area contributed by atoms with Crippen LogP contribution in [-0.4, -0.2) is 75.9 Å². The fourth-order valence-electron chi connectivity index (χ4n) is 6.57. The van der Waals surface area contributed by atoms with Gasteiger partial charge in [-0.15, -0.1) is 0 Å². The van der Waals surface area contributed by atoms with Gasteiger partial charge in [0.1, 0.15) is 11.8 Å². The number of carbonyl (C=O) groups excluding carboxylic acids is 4. The molecule has 1 unspecified atom stereocenters. The highest BCUT2D eigenvalue weighted by Gasteiger charge is 2.61. The third-order valence-electron chi connectivity index (χ3n) is 9.81. The zero-order valence-electron chi connectivity index (χ0n) is 27.6. The molecular weight excluding hydrogens is 610 g/mol. The molecule has 2 aromatic carbocycles. The van der Waals surface area contributed by atoms with E-state index < -0.39 is 23.2 Å². The minimum Gasteiger partial charge on any atom is -0.374 e. The molecule has 258 valence electrons. The van der Waals surface area contributed by atoms with Crippen molar-refractivity contribution in [3.8, 4) is 0 Å². The maximum absolute atomic E-state index is 14.0. The number of aliphatic hydroxyl groups is 1. The van der Waals surface area contributed by atoms with Crippen LogP contribution in [0, 0.1) is 0 Å². The molecule has 12 heteroatoms. The fourth-order valence-corrected chi connectivity index (χ4v) is 6.57. The first-order valence-corrected chi connectivity index (χ1v) is 17.2. The number of anilines is 1.